The Morgan fingerprint density at radius 3 is 2.68 bits per heavy atom. The van der Waals surface area contributed by atoms with Gasteiger partial charge in [0.15, 0.2) is 5.96 Å². The lowest BCUT2D eigenvalue weighted by molar-refractivity contribution is 0.396. The van der Waals surface area contributed by atoms with E-state index in [9.17, 15) is 0 Å². The second-order valence-corrected chi connectivity index (χ2v) is 7.06. The standard InChI is InChI=1S/C22H31N5O/c1-4-23-22(26(2)17-19-9-5-6-10-20(19)28-3)25-16-18-11-12-21(24-15-18)27-13-7-8-14-27/h5-6,9-12,15H,4,7-8,13-14,16-17H2,1-3H3,(H,23,25). The number of benzene rings is 1. The molecule has 0 aliphatic carbocycles. The fourth-order valence-electron chi connectivity index (χ4n) is 3.44. The van der Waals surface area contributed by atoms with Gasteiger partial charge in [-0.15, -0.1) is 0 Å². The van der Waals surface area contributed by atoms with Crippen LogP contribution in [0.25, 0.3) is 0 Å². The molecular formula is C22H31N5O. The van der Waals surface area contributed by atoms with Crippen LogP contribution in [0.5, 0.6) is 5.75 Å². The van der Waals surface area contributed by atoms with Crippen LogP contribution >= 0.6 is 0 Å². The molecule has 6 heteroatoms. The Balaban J connectivity index is 1.66. The predicted octanol–water partition coefficient (Wildman–Crippen LogP) is 3.29. The molecule has 28 heavy (non-hydrogen) atoms. The van der Waals surface area contributed by atoms with Gasteiger partial charge in [0.2, 0.25) is 0 Å². The van der Waals surface area contributed by atoms with Crippen molar-refractivity contribution in [3.63, 3.8) is 0 Å². The number of ether oxygens (including phenoxy) is 1. The largest absolute Gasteiger partial charge is 0.496 e. The minimum absolute atomic E-state index is 0.603. The molecule has 0 amide bonds. The molecule has 1 aromatic heterocycles. The third-order valence-corrected chi connectivity index (χ3v) is 4.95. The number of anilines is 1. The number of nitrogens with zero attached hydrogens (tertiary/aromatic N) is 4. The molecule has 0 saturated carbocycles. The Labute approximate surface area is 168 Å². The summed E-state index contributed by atoms with van der Waals surface area (Å²) in [6, 6.07) is 12.3. The summed E-state index contributed by atoms with van der Waals surface area (Å²) >= 11 is 0. The summed E-state index contributed by atoms with van der Waals surface area (Å²) < 4.78 is 5.47. The fourth-order valence-corrected chi connectivity index (χ4v) is 3.44. The molecule has 1 N–H and O–H groups in total. The lowest BCUT2D eigenvalue weighted by Crippen LogP contribution is -2.38. The number of methoxy groups -OCH3 is 1. The number of pyridine rings is 1. The van der Waals surface area contributed by atoms with Gasteiger partial charge in [0, 0.05) is 45.0 Å². The van der Waals surface area contributed by atoms with E-state index in [1.54, 1.807) is 7.11 Å². The molecule has 1 aliphatic rings. The molecule has 1 fully saturated rings. The molecule has 0 spiro atoms. The van der Waals surface area contributed by atoms with Gasteiger partial charge in [-0.1, -0.05) is 24.3 Å². The van der Waals surface area contributed by atoms with Crippen molar-refractivity contribution >= 4 is 11.8 Å². The molecule has 150 valence electrons. The molecule has 1 saturated heterocycles. The third-order valence-electron chi connectivity index (χ3n) is 4.95. The van der Waals surface area contributed by atoms with E-state index in [0.717, 1.165) is 54.8 Å². The van der Waals surface area contributed by atoms with E-state index in [-0.39, 0.29) is 0 Å². The number of aliphatic imine (C=N–C) groups is 1. The summed E-state index contributed by atoms with van der Waals surface area (Å²) in [5.41, 5.74) is 2.25. The molecule has 0 atom stereocenters. The topological polar surface area (TPSA) is 53.0 Å². The Morgan fingerprint density at radius 1 is 1.21 bits per heavy atom. The van der Waals surface area contributed by atoms with E-state index >= 15 is 0 Å². The average Bonchev–Trinajstić information content (AvgIpc) is 3.26. The van der Waals surface area contributed by atoms with Crippen LogP contribution in [-0.2, 0) is 13.1 Å². The smallest absolute Gasteiger partial charge is 0.194 e. The van der Waals surface area contributed by atoms with Crippen LogP contribution < -0.4 is 15.0 Å². The van der Waals surface area contributed by atoms with Crippen molar-refractivity contribution in [2.75, 3.05) is 38.7 Å². The van der Waals surface area contributed by atoms with Gasteiger partial charge in [-0.25, -0.2) is 9.98 Å². The van der Waals surface area contributed by atoms with Crippen LogP contribution in [-0.4, -0.2) is 49.6 Å². The molecule has 2 heterocycles. The Hall–Kier alpha value is -2.76. The van der Waals surface area contributed by atoms with Crippen molar-refractivity contribution in [2.24, 2.45) is 4.99 Å². The van der Waals surface area contributed by atoms with Crippen LogP contribution in [0.3, 0.4) is 0 Å². The molecule has 0 unspecified atom stereocenters. The van der Waals surface area contributed by atoms with Crippen molar-refractivity contribution in [3.8, 4) is 5.75 Å². The fraction of sp³-hybridized carbons (Fsp3) is 0.455. The van der Waals surface area contributed by atoms with Crippen molar-refractivity contribution in [3.05, 3.63) is 53.7 Å². The SMILES string of the molecule is CCNC(=NCc1ccc(N2CCCC2)nc1)N(C)Cc1ccccc1OC. The minimum Gasteiger partial charge on any atom is -0.496 e. The quantitative estimate of drug-likeness (QED) is 0.589. The summed E-state index contributed by atoms with van der Waals surface area (Å²) in [6.45, 7) is 6.46. The molecule has 3 rings (SSSR count). The summed E-state index contributed by atoms with van der Waals surface area (Å²) in [4.78, 5) is 13.9. The van der Waals surface area contributed by atoms with Crippen molar-refractivity contribution < 1.29 is 4.74 Å². The lowest BCUT2D eigenvalue weighted by Gasteiger charge is -2.23. The van der Waals surface area contributed by atoms with Gasteiger partial charge in [0.25, 0.3) is 0 Å². The highest BCUT2D eigenvalue weighted by Gasteiger charge is 2.13. The lowest BCUT2D eigenvalue weighted by atomic mass is 10.2. The molecule has 0 bridgehead atoms. The summed E-state index contributed by atoms with van der Waals surface area (Å²) in [5.74, 6) is 2.84. The van der Waals surface area contributed by atoms with E-state index in [2.05, 4.69) is 45.2 Å². The normalized spacial score (nSPS) is 14.2. The first-order chi connectivity index (χ1) is 13.7. The summed E-state index contributed by atoms with van der Waals surface area (Å²) in [7, 11) is 3.75. The Bertz CT molecular complexity index is 769. The second-order valence-electron chi connectivity index (χ2n) is 7.06. The van der Waals surface area contributed by atoms with Crippen LogP contribution in [0.2, 0.25) is 0 Å². The van der Waals surface area contributed by atoms with Gasteiger partial charge in [-0.3, -0.25) is 0 Å². The van der Waals surface area contributed by atoms with Crippen LogP contribution in [0.15, 0.2) is 47.6 Å². The Morgan fingerprint density at radius 2 is 2.00 bits per heavy atom. The number of nitrogens with one attached hydrogen (secondary N) is 1. The molecule has 6 nitrogen and oxygen atoms in total. The molecule has 0 radical (unpaired) electrons. The number of aromatic nitrogens is 1. The van der Waals surface area contributed by atoms with Gasteiger partial charge in [-0.2, -0.15) is 0 Å². The zero-order valence-electron chi connectivity index (χ0n) is 17.2. The Kier molecular flexibility index (Phi) is 7.12. The van der Waals surface area contributed by atoms with E-state index in [1.807, 2.05) is 31.4 Å². The van der Waals surface area contributed by atoms with E-state index in [0.29, 0.717) is 6.54 Å². The highest BCUT2D eigenvalue weighted by atomic mass is 16.5. The van der Waals surface area contributed by atoms with Crippen molar-refractivity contribution in [2.45, 2.75) is 32.9 Å². The number of hydrogen-bond acceptors (Lipinski definition) is 4. The first-order valence-electron chi connectivity index (χ1n) is 10.0. The maximum atomic E-state index is 5.47. The zero-order valence-corrected chi connectivity index (χ0v) is 17.2. The van der Waals surface area contributed by atoms with Gasteiger partial charge in [-0.05, 0) is 37.5 Å². The third kappa shape index (κ3) is 5.15. The van der Waals surface area contributed by atoms with Gasteiger partial charge < -0.3 is 19.9 Å². The second kappa shape index (κ2) is 9.97. The highest BCUT2D eigenvalue weighted by Crippen LogP contribution is 2.19. The molecule has 1 aliphatic heterocycles. The summed E-state index contributed by atoms with van der Waals surface area (Å²) in [6.07, 6.45) is 4.47. The number of para-hydroxylation sites is 1. The maximum absolute atomic E-state index is 5.47. The van der Waals surface area contributed by atoms with Crippen molar-refractivity contribution in [1.29, 1.82) is 0 Å². The maximum Gasteiger partial charge on any atom is 0.194 e. The summed E-state index contributed by atoms with van der Waals surface area (Å²) in [5, 5.41) is 3.37. The number of rotatable bonds is 7. The first-order valence-corrected chi connectivity index (χ1v) is 10.0. The number of hydrogen-bond donors (Lipinski definition) is 1. The first kappa shape index (κ1) is 20.0. The van der Waals surface area contributed by atoms with Crippen LogP contribution in [0.1, 0.15) is 30.9 Å². The molecular weight excluding hydrogens is 350 g/mol. The monoisotopic (exact) mass is 381 g/mol. The minimum atomic E-state index is 0.603. The van der Waals surface area contributed by atoms with Crippen LogP contribution in [0, 0.1) is 0 Å². The average molecular weight is 382 g/mol. The molecule has 1 aromatic carbocycles. The van der Waals surface area contributed by atoms with Gasteiger partial charge >= 0.3 is 0 Å². The molecule has 2 aromatic rings. The van der Waals surface area contributed by atoms with Crippen molar-refractivity contribution in [1.82, 2.24) is 15.2 Å². The van der Waals surface area contributed by atoms with E-state index < -0.39 is 0 Å². The van der Waals surface area contributed by atoms with Crippen LogP contribution in [0.4, 0.5) is 5.82 Å². The van der Waals surface area contributed by atoms with Gasteiger partial charge in [0.1, 0.15) is 11.6 Å². The predicted molar refractivity (Wildman–Crippen MR) is 115 cm³/mol. The zero-order chi connectivity index (χ0) is 19.8. The number of guanidine groups is 1. The van der Waals surface area contributed by atoms with Gasteiger partial charge in [0.05, 0.1) is 13.7 Å². The highest BCUT2D eigenvalue weighted by molar-refractivity contribution is 5.79. The van der Waals surface area contributed by atoms with E-state index in [1.165, 1.54) is 12.8 Å². The van der Waals surface area contributed by atoms with E-state index in [4.69, 9.17) is 9.73 Å².